The molecular formula is C12H23N. The van der Waals surface area contributed by atoms with Crippen LogP contribution in [0.1, 0.15) is 46.5 Å². The van der Waals surface area contributed by atoms with Crippen LogP contribution < -0.4 is 5.32 Å². The van der Waals surface area contributed by atoms with Crippen molar-refractivity contribution in [2.75, 3.05) is 6.54 Å². The summed E-state index contributed by atoms with van der Waals surface area (Å²) in [6, 6.07) is 0. The first-order valence-corrected chi connectivity index (χ1v) is 5.89. The van der Waals surface area contributed by atoms with E-state index in [4.69, 9.17) is 0 Å². The smallest absolute Gasteiger partial charge is 0.0226 e. The Kier molecular flexibility index (Phi) is 2.39. The molecule has 1 saturated carbocycles. The van der Waals surface area contributed by atoms with Crippen LogP contribution in [-0.4, -0.2) is 12.1 Å². The molecule has 2 rings (SSSR count). The fourth-order valence-corrected chi connectivity index (χ4v) is 3.52. The summed E-state index contributed by atoms with van der Waals surface area (Å²) in [4.78, 5) is 0. The molecule has 76 valence electrons. The van der Waals surface area contributed by atoms with E-state index in [9.17, 15) is 0 Å². The van der Waals surface area contributed by atoms with Crippen molar-refractivity contribution >= 4 is 0 Å². The van der Waals surface area contributed by atoms with Crippen molar-refractivity contribution in [3.63, 3.8) is 0 Å². The Hall–Kier alpha value is -0.0400. The third-order valence-corrected chi connectivity index (χ3v) is 4.25. The third kappa shape index (κ3) is 1.52. The maximum atomic E-state index is 3.72. The van der Waals surface area contributed by atoms with Crippen molar-refractivity contribution in [3.8, 4) is 0 Å². The molecule has 2 aliphatic rings. The average Bonchev–Trinajstić information content (AvgIpc) is 2.00. The number of hydrogen-bond acceptors (Lipinski definition) is 1. The molecule has 2 fully saturated rings. The SMILES string of the molecule is CC1CCC(C(C)C)C2(CCN2)C1. The van der Waals surface area contributed by atoms with Crippen LogP contribution in [0.5, 0.6) is 0 Å². The quantitative estimate of drug-likeness (QED) is 0.656. The summed E-state index contributed by atoms with van der Waals surface area (Å²) in [7, 11) is 0. The molecule has 1 aliphatic heterocycles. The largest absolute Gasteiger partial charge is 0.311 e. The van der Waals surface area contributed by atoms with E-state index in [0.717, 1.165) is 17.8 Å². The Morgan fingerprint density at radius 2 is 2.00 bits per heavy atom. The zero-order chi connectivity index (χ0) is 9.47. The average molecular weight is 181 g/mol. The van der Waals surface area contributed by atoms with E-state index < -0.39 is 0 Å². The molecule has 0 amide bonds. The van der Waals surface area contributed by atoms with E-state index in [0.29, 0.717) is 5.54 Å². The van der Waals surface area contributed by atoms with Crippen LogP contribution in [0.4, 0.5) is 0 Å². The van der Waals surface area contributed by atoms with Crippen molar-refractivity contribution in [2.24, 2.45) is 17.8 Å². The maximum absolute atomic E-state index is 3.72. The maximum Gasteiger partial charge on any atom is 0.0226 e. The molecule has 3 unspecified atom stereocenters. The Labute approximate surface area is 82.3 Å². The van der Waals surface area contributed by atoms with E-state index >= 15 is 0 Å². The van der Waals surface area contributed by atoms with Crippen molar-refractivity contribution in [2.45, 2.75) is 52.0 Å². The molecule has 0 aromatic rings. The van der Waals surface area contributed by atoms with E-state index in [1.165, 1.54) is 32.2 Å². The first-order chi connectivity index (χ1) is 6.14. The van der Waals surface area contributed by atoms with Gasteiger partial charge in [-0.3, -0.25) is 0 Å². The second kappa shape index (κ2) is 3.27. The van der Waals surface area contributed by atoms with Gasteiger partial charge in [-0.1, -0.05) is 27.2 Å². The van der Waals surface area contributed by atoms with Crippen molar-refractivity contribution < 1.29 is 0 Å². The molecule has 13 heavy (non-hydrogen) atoms. The van der Waals surface area contributed by atoms with E-state index in [1.807, 2.05) is 0 Å². The molecule has 0 radical (unpaired) electrons. The van der Waals surface area contributed by atoms with Gasteiger partial charge >= 0.3 is 0 Å². The van der Waals surface area contributed by atoms with E-state index in [-0.39, 0.29) is 0 Å². The van der Waals surface area contributed by atoms with E-state index in [2.05, 4.69) is 26.1 Å². The summed E-state index contributed by atoms with van der Waals surface area (Å²) in [6.07, 6.45) is 5.76. The molecule has 1 saturated heterocycles. The molecule has 0 aromatic heterocycles. The summed E-state index contributed by atoms with van der Waals surface area (Å²) in [6.45, 7) is 8.46. The predicted molar refractivity (Wildman–Crippen MR) is 56.7 cm³/mol. The van der Waals surface area contributed by atoms with Gasteiger partial charge in [-0.2, -0.15) is 0 Å². The zero-order valence-corrected chi connectivity index (χ0v) is 9.27. The van der Waals surface area contributed by atoms with Crippen molar-refractivity contribution in [3.05, 3.63) is 0 Å². The van der Waals surface area contributed by atoms with Crippen LogP contribution >= 0.6 is 0 Å². The fraction of sp³-hybridized carbons (Fsp3) is 1.00. The fourth-order valence-electron chi connectivity index (χ4n) is 3.52. The highest BCUT2D eigenvalue weighted by molar-refractivity contribution is 5.05. The Morgan fingerprint density at radius 3 is 2.46 bits per heavy atom. The standard InChI is InChI=1S/C12H23N/c1-9(2)11-5-4-10(3)8-12(11)6-7-13-12/h9-11,13H,4-8H2,1-3H3. The molecule has 3 atom stereocenters. The highest BCUT2D eigenvalue weighted by Crippen LogP contribution is 2.45. The Balaban J connectivity index is 2.08. The molecular weight excluding hydrogens is 158 g/mol. The van der Waals surface area contributed by atoms with Gasteiger partial charge in [0.25, 0.3) is 0 Å². The first-order valence-electron chi connectivity index (χ1n) is 5.89. The monoisotopic (exact) mass is 181 g/mol. The first kappa shape index (κ1) is 9.51. The van der Waals surface area contributed by atoms with Crippen molar-refractivity contribution in [1.82, 2.24) is 5.32 Å². The molecule has 1 heterocycles. The number of rotatable bonds is 1. The second-order valence-corrected chi connectivity index (χ2v) is 5.57. The van der Waals surface area contributed by atoms with Crippen LogP contribution in [0.15, 0.2) is 0 Å². The minimum atomic E-state index is 0.561. The molecule has 1 nitrogen and oxygen atoms in total. The molecule has 0 bridgehead atoms. The molecule has 1 heteroatoms. The molecule has 1 spiro atoms. The second-order valence-electron chi connectivity index (χ2n) is 5.57. The summed E-state index contributed by atoms with van der Waals surface area (Å²) >= 11 is 0. The van der Waals surface area contributed by atoms with Gasteiger partial charge in [0.2, 0.25) is 0 Å². The van der Waals surface area contributed by atoms with Gasteiger partial charge in [0, 0.05) is 5.54 Å². The lowest BCUT2D eigenvalue weighted by atomic mass is 9.61. The van der Waals surface area contributed by atoms with Crippen molar-refractivity contribution in [1.29, 1.82) is 0 Å². The highest BCUT2D eigenvalue weighted by Gasteiger charge is 2.47. The molecule has 0 aromatic carbocycles. The summed E-state index contributed by atoms with van der Waals surface area (Å²) in [5.74, 6) is 2.75. The minimum Gasteiger partial charge on any atom is -0.311 e. The Morgan fingerprint density at radius 1 is 1.31 bits per heavy atom. The van der Waals surface area contributed by atoms with Gasteiger partial charge < -0.3 is 5.32 Å². The zero-order valence-electron chi connectivity index (χ0n) is 9.27. The van der Waals surface area contributed by atoms with Gasteiger partial charge in [0.1, 0.15) is 0 Å². The normalized spacial score (nSPS) is 45.2. The topological polar surface area (TPSA) is 12.0 Å². The predicted octanol–water partition coefficient (Wildman–Crippen LogP) is 2.81. The highest BCUT2D eigenvalue weighted by atomic mass is 15.1. The minimum absolute atomic E-state index is 0.561. The van der Waals surface area contributed by atoms with Gasteiger partial charge in [-0.15, -0.1) is 0 Å². The van der Waals surface area contributed by atoms with Crippen LogP contribution in [0, 0.1) is 17.8 Å². The van der Waals surface area contributed by atoms with Crippen LogP contribution in [0.2, 0.25) is 0 Å². The lowest BCUT2D eigenvalue weighted by Crippen LogP contribution is -2.64. The number of nitrogens with one attached hydrogen (secondary N) is 1. The number of hydrogen-bond donors (Lipinski definition) is 1. The van der Waals surface area contributed by atoms with E-state index in [1.54, 1.807) is 0 Å². The van der Waals surface area contributed by atoms with Gasteiger partial charge in [0.05, 0.1) is 0 Å². The van der Waals surface area contributed by atoms with Crippen LogP contribution in [0.3, 0.4) is 0 Å². The lowest BCUT2D eigenvalue weighted by Gasteiger charge is -2.55. The lowest BCUT2D eigenvalue weighted by molar-refractivity contribution is 0.0213. The molecule has 1 aliphatic carbocycles. The molecule has 1 N–H and O–H groups in total. The van der Waals surface area contributed by atoms with Gasteiger partial charge in [-0.25, -0.2) is 0 Å². The van der Waals surface area contributed by atoms with Gasteiger partial charge in [-0.05, 0) is 43.6 Å². The summed E-state index contributed by atoms with van der Waals surface area (Å²) in [5, 5.41) is 3.72. The Bertz CT molecular complexity index is 182. The van der Waals surface area contributed by atoms with Crippen LogP contribution in [0.25, 0.3) is 0 Å². The summed E-state index contributed by atoms with van der Waals surface area (Å²) in [5.41, 5.74) is 0.561. The summed E-state index contributed by atoms with van der Waals surface area (Å²) < 4.78 is 0. The van der Waals surface area contributed by atoms with Crippen LogP contribution in [-0.2, 0) is 0 Å². The van der Waals surface area contributed by atoms with Gasteiger partial charge in [0.15, 0.2) is 0 Å². The third-order valence-electron chi connectivity index (χ3n) is 4.25.